The van der Waals surface area contributed by atoms with Crippen LogP contribution in [0.15, 0.2) is 36.9 Å². The highest BCUT2D eigenvalue weighted by molar-refractivity contribution is 5.93. The van der Waals surface area contributed by atoms with Crippen molar-refractivity contribution in [2.45, 2.75) is 6.54 Å². The van der Waals surface area contributed by atoms with Gasteiger partial charge in [0.2, 0.25) is 0 Å². The Balaban J connectivity index is 1.97. The summed E-state index contributed by atoms with van der Waals surface area (Å²) in [7, 11) is 0. The van der Waals surface area contributed by atoms with Gasteiger partial charge in [-0.15, -0.1) is 0 Å². The third-order valence-electron chi connectivity index (χ3n) is 2.73. The summed E-state index contributed by atoms with van der Waals surface area (Å²) in [4.78, 5) is 17.6. The van der Waals surface area contributed by atoms with Crippen LogP contribution in [0, 0.1) is 0 Å². The second-order valence-corrected chi connectivity index (χ2v) is 4.00. The molecule has 18 heavy (non-hydrogen) atoms. The van der Waals surface area contributed by atoms with E-state index in [1.54, 1.807) is 17.1 Å². The number of aromatic carboxylic acids is 1. The molecular formula is C12H10N4O2. The summed E-state index contributed by atoms with van der Waals surface area (Å²) >= 11 is 0. The number of aromatic amines is 1. The van der Waals surface area contributed by atoms with E-state index in [9.17, 15) is 4.79 Å². The molecule has 3 aromatic rings. The van der Waals surface area contributed by atoms with Crippen molar-refractivity contribution in [2.75, 3.05) is 0 Å². The summed E-state index contributed by atoms with van der Waals surface area (Å²) < 4.78 is 1.71. The third-order valence-corrected chi connectivity index (χ3v) is 2.73. The molecular weight excluding hydrogens is 232 g/mol. The zero-order chi connectivity index (χ0) is 12.5. The van der Waals surface area contributed by atoms with Crippen molar-refractivity contribution >= 4 is 16.9 Å². The van der Waals surface area contributed by atoms with Crippen molar-refractivity contribution in [3.63, 3.8) is 0 Å². The first-order chi connectivity index (χ1) is 8.72. The average molecular weight is 242 g/mol. The van der Waals surface area contributed by atoms with Gasteiger partial charge in [0.05, 0.1) is 6.54 Å². The zero-order valence-corrected chi connectivity index (χ0v) is 9.37. The Kier molecular flexibility index (Phi) is 2.33. The number of rotatable bonds is 3. The number of carbonyl (C=O) groups is 1. The maximum atomic E-state index is 10.9. The van der Waals surface area contributed by atoms with Crippen LogP contribution in [0.5, 0.6) is 0 Å². The molecule has 0 atom stereocenters. The molecule has 0 spiro atoms. The summed E-state index contributed by atoms with van der Waals surface area (Å²) in [5.41, 5.74) is 2.06. The number of carboxylic acids is 1. The third kappa shape index (κ3) is 1.84. The maximum absolute atomic E-state index is 10.9. The molecule has 0 saturated heterocycles. The molecule has 0 aliphatic heterocycles. The van der Waals surface area contributed by atoms with Crippen molar-refractivity contribution in [3.05, 3.63) is 48.2 Å². The van der Waals surface area contributed by atoms with Crippen LogP contribution in [0.2, 0.25) is 0 Å². The lowest BCUT2D eigenvalue weighted by atomic mass is 10.1. The molecule has 0 aliphatic rings. The topological polar surface area (TPSA) is 83.8 Å². The van der Waals surface area contributed by atoms with Gasteiger partial charge in [-0.25, -0.2) is 14.5 Å². The molecule has 2 aromatic heterocycles. The number of hydrogen-bond donors (Lipinski definition) is 2. The number of carboxylic acid groups (broad SMARTS) is 1. The molecule has 3 rings (SSSR count). The molecule has 90 valence electrons. The summed E-state index contributed by atoms with van der Waals surface area (Å²) in [6.07, 6.45) is 3.13. The zero-order valence-electron chi connectivity index (χ0n) is 9.37. The van der Waals surface area contributed by atoms with Gasteiger partial charge in [0.25, 0.3) is 0 Å². The molecule has 2 heterocycles. The molecule has 6 heteroatoms. The minimum atomic E-state index is -0.955. The number of nitrogens with zero attached hydrogens (tertiary/aromatic N) is 3. The van der Waals surface area contributed by atoms with Crippen LogP contribution in [0.1, 0.15) is 16.1 Å². The van der Waals surface area contributed by atoms with Gasteiger partial charge >= 0.3 is 5.97 Å². The fraction of sp³-hybridized carbons (Fsp3) is 0.0833. The Morgan fingerprint density at radius 2 is 2.28 bits per heavy atom. The highest BCUT2D eigenvalue weighted by atomic mass is 16.4. The molecule has 0 radical (unpaired) electrons. The number of fused-ring (bicyclic) bond motifs is 1. The van der Waals surface area contributed by atoms with Gasteiger partial charge in [0.15, 0.2) is 0 Å². The van der Waals surface area contributed by atoms with Gasteiger partial charge in [-0.05, 0) is 23.8 Å². The van der Waals surface area contributed by atoms with Crippen molar-refractivity contribution in [3.8, 4) is 0 Å². The number of H-pyrrole nitrogens is 1. The highest BCUT2D eigenvalue weighted by Crippen LogP contribution is 2.17. The van der Waals surface area contributed by atoms with Crippen LogP contribution in [0.3, 0.4) is 0 Å². The minimum Gasteiger partial charge on any atom is -0.477 e. The number of benzene rings is 1. The Bertz CT molecular complexity index is 700. The normalized spacial score (nSPS) is 10.9. The second kappa shape index (κ2) is 3.99. The van der Waals surface area contributed by atoms with E-state index in [1.807, 2.05) is 18.2 Å². The quantitative estimate of drug-likeness (QED) is 0.729. The van der Waals surface area contributed by atoms with Gasteiger partial charge in [-0.2, -0.15) is 5.10 Å². The van der Waals surface area contributed by atoms with Crippen LogP contribution in [-0.4, -0.2) is 30.8 Å². The Labute approximate surface area is 102 Å². The van der Waals surface area contributed by atoms with E-state index in [2.05, 4.69) is 15.1 Å². The minimum absolute atomic E-state index is 0.197. The fourth-order valence-electron chi connectivity index (χ4n) is 1.90. The lowest BCUT2D eigenvalue weighted by Crippen LogP contribution is -1.99. The average Bonchev–Trinajstić information content (AvgIpc) is 2.96. The van der Waals surface area contributed by atoms with Crippen molar-refractivity contribution in [2.24, 2.45) is 0 Å². The largest absolute Gasteiger partial charge is 0.477 e. The first-order valence-electron chi connectivity index (χ1n) is 5.40. The summed E-state index contributed by atoms with van der Waals surface area (Å²) in [5, 5.41) is 13.8. The molecule has 6 nitrogen and oxygen atoms in total. The van der Waals surface area contributed by atoms with Crippen LogP contribution in [0.4, 0.5) is 0 Å². The molecule has 1 aromatic carbocycles. The Morgan fingerprint density at radius 3 is 3.00 bits per heavy atom. The highest BCUT2D eigenvalue weighted by Gasteiger charge is 2.07. The van der Waals surface area contributed by atoms with Crippen LogP contribution >= 0.6 is 0 Å². The second-order valence-electron chi connectivity index (χ2n) is 4.00. The maximum Gasteiger partial charge on any atom is 0.352 e. The first-order valence-corrected chi connectivity index (χ1v) is 5.40. The number of aromatic nitrogens is 4. The monoisotopic (exact) mass is 242 g/mol. The predicted octanol–water partition coefficient (Wildman–Crippen LogP) is 1.51. The molecule has 0 saturated carbocycles. The van der Waals surface area contributed by atoms with E-state index in [0.29, 0.717) is 6.54 Å². The van der Waals surface area contributed by atoms with Crippen LogP contribution < -0.4 is 0 Å². The van der Waals surface area contributed by atoms with E-state index in [-0.39, 0.29) is 5.69 Å². The molecule has 0 fully saturated rings. The van der Waals surface area contributed by atoms with Crippen molar-refractivity contribution in [1.29, 1.82) is 0 Å². The van der Waals surface area contributed by atoms with Crippen molar-refractivity contribution in [1.82, 2.24) is 19.7 Å². The van der Waals surface area contributed by atoms with E-state index in [0.717, 1.165) is 16.5 Å². The summed E-state index contributed by atoms with van der Waals surface area (Å²) in [6.45, 7) is 0.615. The van der Waals surface area contributed by atoms with Gasteiger partial charge in [-0.1, -0.05) is 6.07 Å². The lowest BCUT2D eigenvalue weighted by Gasteiger charge is -2.00. The van der Waals surface area contributed by atoms with Crippen LogP contribution in [-0.2, 0) is 6.54 Å². The molecule has 0 unspecified atom stereocenters. The van der Waals surface area contributed by atoms with E-state index < -0.39 is 5.97 Å². The van der Waals surface area contributed by atoms with Crippen LogP contribution in [0.25, 0.3) is 10.9 Å². The number of hydrogen-bond acceptors (Lipinski definition) is 3. The van der Waals surface area contributed by atoms with E-state index >= 15 is 0 Å². The molecule has 0 amide bonds. The van der Waals surface area contributed by atoms with E-state index in [4.69, 9.17) is 5.11 Å². The number of nitrogens with one attached hydrogen (secondary N) is 1. The van der Waals surface area contributed by atoms with Gasteiger partial charge < -0.3 is 10.1 Å². The van der Waals surface area contributed by atoms with Gasteiger partial charge in [-0.3, -0.25) is 0 Å². The SMILES string of the molecule is O=C(O)c1cc2cc(Cn3cncn3)ccc2[nH]1. The first kappa shape index (κ1) is 10.5. The molecule has 0 aliphatic carbocycles. The molecule has 0 bridgehead atoms. The summed E-state index contributed by atoms with van der Waals surface area (Å²) in [5.74, 6) is -0.955. The lowest BCUT2D eigenvalue weighted by molar-refractivity contribution is 0.0691. The van der Waals surface area contributed by atoms with Gasteiger partial charge in [0.1, 0.15) is 18.3 Å². The molecule has 2 N–H and O–H groups in total. The standard InChI is InChI=1S/C12H10N4O2/c17-12(18)11-4-9-3-8(1-2-10(9)15-11)5-16-7-13-6-14-16/h1-4,6-7,15H,5H2,(H,17,18). The Morgan fingerprint density at radius 1 is 1.39 bits per heavy atom. The smallest absolute Gasteiger partial charge is 0.352 e. The fourth-order valence-corrected chi connectivity index (χ4v) is 1.90. The summed E-state index contributed by atoms with van der Waals surface area (Å²) in [6, 6.07) is 7.38. The van der Waals surface area contributed by atoms with Gasteiger partial charge in [0, 0.05) is 10.9 Å². The van der Waals surface area contributed by atoms with E-state index in [1.165, 1.54) is 6.33 Å². The van der Waals surface area contributed by atoms with Crippen molar-refractivity contribution < 1.29 is 9.90 Å². The predicted molar refractivity (Wildman–Crippen MR) is 64.4 cm³/mol. The Hall–Kier alpha value is -2.63.